The molecule has 0 saturated carbocycles. The van der Waals surface area contributed by atoms with Crippen molar-refractivity contribution in [2.45, 2.75) is 0 Å². The Bertz CT molecular complexity index is 632. The molecule has 102 valence electrons. The quantitative estimate of drug-likeness (QED) is 0.890. The number of aromatic carboxylic acids is 2. The van der Waals surface area contributed by atoms with Crippen LogP contribution in [0.4, 0.5) is 0 Å². The molecule has 0 aliphatic rings. The van der Waals surface area contributed by atoms with Gasteiger partial charge in [0.1, 0.15) is 11.5 Å². The zero-order chi connectivity index (χ0) is 14.7. The Kier molecular flexibility index (Phi) is 4.05. The third-order valence-electron chi connectivity index (χ3n) is 2.45. The SMILES string of the molecule is O=C(O)c1cc(Oc2ccc(Br)cc2)cc(C(=O)O)c1. The molecule has 0 saturated heterocycles. The van der Waals surface area contributed by atoms with E-state index in [1.807, 2.05) is 0 Å². The van der Waals surface area contributed by atoms with Gasteiger partial charge in [0.05, 0.1) is 11.1 Å². The summed E-state index contributed by atoms with van der Waals surface area (Å²) in [5.74, 6) is -1.79. The molecule has 2 rings (SSSR count). The maximum Gasteiger partial charge on any atom is 0.335 e. The first-order valence-corrected chi connectivity index (χ1v) is 6.30. The normalized spacial score (nSPS) is 10.1. The monoisotopic (exact) mass is 336 g/mol. The predicted molar refractivity (Wildman–Crippen MR) is 74.6 cm³/mol. The first-order chi connectivity index (χ1) is 9.45. The molecule has 0 unspecified atom stereocenters. The second-order valence-corrected chi connectivity index (χ2v) is 4.83. The minimum atomic E-state index is -1.21. The summed E-state index contributed by atoms with van der Waals surface area (Å²) in [5.41, 5.74) is -0.283. The van der Waals surface area contributed by atoms with Crippen molar-refractivity contribution in [2.24, 2.45) is 0 Å². The minimum Gasteiger partial charge on any atom is -0.478 e. The molecule has 0 amide bonds. The lowest BCUT2D eigenvalue weighted by atomic mass is 10.1. The number of rotatable bonds is 4. The van der Waals surface area contributed by atoms with Crippen molar-refractivity contribution in [3.8, 4) is 11.5 Å². The minimum absolute atomic E-state index is 0.142. The smallest absolute Gasteiger partial charge is 0.335 e. The zero-order valence-electron chi connectivity index (χ0n) is 10.0. The van der Waals surface area contributed by atoms with E-state index in [9.17, 15) is 9.59 Å². The van der Waals surface area contributed by atoms with E-state index in [0.29, 0.717) is 5.75 Å². The van der Waals surface area contributed by atoms with Gasteiger partial charge < -0.3 is 14.9 Å². The molecule has 0 aliphatic heterocycles. The number of carbonyl (C=O) groups is 2. The molecular formula is C14H9BrO5. The second kappa shape index (κ2) is 5.75. The Labute approximate surface area is 122 Å². The first kappa shape index (κ1) is 14.1. The van der Waals surface area contributed by atoms with Gasteiger partial charge in [-0.1, -0.05) is 15.9 Å². The number of halogens is 1. The fourth-order valence-electron chi connectivity index (χ4n) is 1.54. The summed E-state index contributed by atoms with van der Waals surface area (Å²) >= 11 is 3.28. The zero-order valence-corrected chi connectivity index (χ0v) is 11.6. The van der Waals surface area contributed by atoms with Crippen LogP contribution in [0.3, 0.4) is 0 Å². The summed E-state index contributed by atoms with van der Waals surface area (Å²) in [6, 6.07) is 10.5. The first-order valence-electron chi connectivity index (χ1n) is 5.51. The molecule has 20 heavy (non-hydrogen) atoms. The Morgan fingerprint density at radius 3 is 1.80 bits per heavy atom. The lowest BCUT2D eigenvalue weighted by Crippen LogP contribution is -2.03. The molecule has 5 nitrogen and oxygen atoms in total. The summed E-state index contributed by atoms with van der Waals surface area (Å²) in [6.07, 6.45) is 0. The van der Waals surface area contributed by atoms with Crippen LogP contribution in [0.15, 0.2) is 46.9 Å². The van der Waals surface area contributed by atoms with Crippen LogP contribution in [-0.2, 0) is 0 Å². The Hall–Kier alpha value is -2.34. The highest BCUT2D eigenvalue weighted by Crippen LogP contribution is 2.25. The summed E-state index contributed by atoms with van der Waals surface area (Å²) < 4.78 is 6.34. The Balaban J connectivity index is 2.37. The maximum absolute atomic E-state index is 11.0. The van der Waals surface area contributed by atoms with Gasteiger partial charge in [-0.25, -0.2) is 9.59 Å². The van der Waals surface area contributed by atoms with Crippen molar-refractivity contribution in [3.05, 3.63) is 58.1 Å². The number of hydrogen-bond acceptors (Lipinski definition) is 3. The Morgan fingerprint density at radius 2 is 1.35 bits per heavy atom. The Morgan fingerprint density at radius 1 is 0.850 bits per heavy atom. The van der Waals surface area contributed by atoms with Gasteiger partial charge in [0.15, 0.2) is 0 Å². The predicted octanol–water partition coefficient (Wildman–Crippen LogP) is 3.64. The fraction of sp³-hybridized carbons (Fsp3) is 0. The lowest BCUT2D eigenvalue weighted by molar-refractivity contribution is 0.0696. The summed E-state index contributed by atoms with van der Waals surface area (Å²) in [5, 5.41) is 17.9. The summed E-state index contributed by atoms with van der Waals surface area (Å²) in [4.78, 5) is 21.9. The summed E-state index contributed by atoms with van der Waals surface area (Å²) in [6.45, 7) is 0. The molecule has 0 fully saturated rings. The van der Waals surface area contributed by atoms with Crippen LogP contribution in [0.25, 0.3) is 0 Å². The van der Waals surface area contributed by atoms with E-state index in [2.05, 4.69) is 15.9 Å². The van der Waals surface area contributed by atoms with Crippen LogP contribution in [0.2, 0.25) is 0 Å². The number of ether oxygens (including phenoxy) is 1. The molecule has 0 bridgehead atoms. The highest BCUT2D eigenvalue weighted by Gasteiger charge is 2.12. The molecule has 0 aromatic heterocycles. The van der Waals surface area contributed by atoms with Gasteiger partial charge in [0, 0.05) is 4.47 Å². The number of hydrogen-bond donors (Lipinski definition) is 2. The highest BCUT2D eigenvalue weighted by molar-refractivity contribution is 9.10. The van der Waals surface area contributed by atoms with E-state index in [4.69, 9.17) is 14.9 Å². The fourth-order valence-corrected chi connectivity index (χ4v) is 1.81. The largest absolute Gasteiger partial charge is 0.478 e. The lowest BCUT2D eigenvalue weighted by Gasteiger charge is -2.08. The van der Waals surface area contributed by atoms with Gasteiger partial charge in [0.25, 0.3) is 0 Å². The van der Waals surface area contributed by atoms with Gasteiger partial charge in [-0.2, -0.15) is 0 Å². The molecule has 6 heteroatoms. The van der Waals surface area contributed by atoms with E-state index in [1.54, 1.807) is 24.3 Å². The van der Waals surface area contributed by atoms with Gasteiger partial charge in [-0.15, -0.1) is 0 Å². The van der Waals surface area contributed by atoms with Gasteiger partial charge in [0.2, 0.25) is 0 Å². The van der Waals surface area contributed by atoms with Crippen LogP contribution in [0.5, 0.6) is 11.5 Å². The van der Waals surface area contributed by atoms with Crippen molar-refractivity contribution in [3.63, 3.8) is 0 Å². The van der Waals surface area contributed by atoms with Crippen LogP contribution in [0, 0.1) is 0 Å². The van der Waals surface area contributed by atoms with Crippen LogP contribution in [-0.4, -0.2) is 22.2 Å². The molecule has 2 N–H and O–H groups in total. The van der Waals surface area contributed by atoms with E-state index >= 15 is 0 Å². The molecule has 0 aliphatic carbocycles. The van der Waals surface area contributed by atoms with Crippen LogP contribution in [0.1, 0.15) is 20.7 Å². The standard InChI is InChI=1S/C14H9BrO5/c15-10-1-3-11(4-2-10)20-12-6-8(13(16)17)5-9(7-12)14(18)19/h1-7H,(H,16,17)(H,18,19). The summed E-state index contributed by atoms with van der Waals surface area (Å²) in [7, 11) is 0. The van der Waals surface area contributed by atoms with Crippen LogP contribution >= 0.6 is 15.9 Å². The maximum atomic E-state index is 11.0. The van der Waals surface area contributed by atoms with E-state index in [-0.39, 0.29) is 16.9 Å². The van der Waals surface area contributed by atoms with Gasteiger partial charge >= 0.3 is 11.9 Å². The molecular weight excluding hydrogens is 328 g/mol. The number of carboxylic acid groups (broad SMARTS) is 2. The topological polar surface area (TPSA) is 83.8 Å². The third-order valence-corrected chi connectivity index (χ3v) is 2.98. The molecule has 0 spiro atoms. The van der Waals surface area contributed by atoms with Gasteiger partial charge in [-0.05, 0) is 42.5 Å². The second-order valence-electron chi connectivity index (χ2n) is 3.91. The molecule has 2 aromatic rings. The molecule has 0 radical (unpaired) electrons. The van der Waals surface area contributed by atoms with Crippen molar-refractivity contribution in [1.82, 2.24) is 0 Å². The third kappa shape index (κ3) is 3.36. The molecule has 2 aromatic carbocycles. The van der Waals surface area contributed by atoms with Crippen molar-refractivity contribution in [2.75, 3.05) is 0 Å². The molecule has 0 atom stereocenters. The van der Waals surface area contributed by atoms with Crippen molar-refractivity contribution >= 4 is 27.9 Å². The highest BCUT2D eigenvalue weighted by atomic mass is 79.9. The van der Waals surface area contributed by atoms with Gasteiger partial charge in [-0.3, -0.25) is 0 Å². The number of benzene rings is 2. The van der Waals surface area contributed by atoms with Crippen molar-refractivity contribution in [1.29, 1.82) is 0 Å². The average Bonchev–Trinajstić information content (AvgIpc) is 2.41. The van der Waals surface area contributed by atoms with E-state index < -0.39 is 11.9 Å². The molecule has 0 heterocycles. The van der Waals surface area contributed by atoms with E-state index in [0.717, 1.165) is 10.5 Å². The van der Waals surface area contributed by atoms with Crippen molar-refractivity contribution < 1.29 is 24.5 Å². The number of carboxylic acids is 2. The van der Waals surface area contributed by atoms with E-state index in [1.165, 1.54) is 12.1 Å². The van der Waals surface area contributed by atoms with Crippen LogP contribution < -0.4 is 4.74 Å². The average molecular weight is 337 g/mol.